The van der Waals surface area contributed by atoms with E-state index in [1.807, 2.05) is 0 Å². The number of nitrogens with zero attached hydrogens (tertiary/aromatic N) is 2. The van der Waals surface area contributed by atoms with Gasteiger partial charge < -0.3 is 10.6 Å². The number of aromatic nitrogens is 1. The Morgan fingerprint density at radius 1 is 1.56 bits per heavy atom. The number of thiocarbonyl (C=S) groups is 1. The molecule has 0 saturated heterocycles. The minimum Gasteiger partial charge on any atom is -0.389 e. The Morgan fingerprint density at radius 3 is 2.69 bits per heavy atom. The van der Waals surface area contributed by atoms with Gasteiger partial charge in [-0.2, -0.15) is 0 Å². The molecule has 0 unspecified atom stereocenters. The van der Waals surface area contributed by atoms with Crippen molar-refractivity contribution in [1.82, 2.24) is 4.98 Å². The largest absolute Gasteiger partial charge is 0.389 e. The summed E-state index contributed by atoms with van der Waals surface area (Å²) in [5, 5.41) is 0. The summed E-state index contributed by atoms with van der Waals surface area (Å²) in [7, 11) is 1.55. The molecule has 0 aliphatic rings. The van der Waals surface area contributed by atoms with Gasteiger partial charge in [0, 0.05) is 18.3 Å². The molecule has 88 valence electrons. The SMILES string of the molecule is Cc1cc(C(N)=S)cc(N(C)CC(F)F)n1. The molecule has 16 heavy (non-hydrogen) atoms. The van der Waals surface area contributed by atoms with Gasteiger partial charge in [0.2, 0.25) is 0 Å². The van der Waals surface area contributed by atoms with Crippen LogP contribution in [0.15, 0.2) is 12.1 Å². The highest BCUT2D eigenvalue weighted by atomic mass is 32.1. The third-order valence-electron chi connectivity index (χ3n) is 2.03. The van der Waals surface area contributed by atoms with Gasteiger partial charge in [0.05, 0.1) is 6.54 Å². The molecule has 0 bridgehead atoms. The van der Waals surface area contributed by atoms with E-state index in [1.165, 1.54) is 4.90 Å². The van der Waals surface area contributed by atoms with E-state index in [9.17, 15) is 8.78 Å². The lowest BCUT2D eigenvalue weighted by atomic mass is 10.2. The molecule has 1 aromatic rings. The van der Waals surface area contributed by atoms with Crippen LogP contribution in [-0.2, 0) is 0 Å². The Labute approximate surface area is 98.3 Å². The Morgan fingerprint density at radius 2 is 2.19 bits per heavy atom. The van der Waals surface area contributed by atoms with Gasteiger partial charge in [0.15, 0.2) is 0 Å². The molecule has 0 spiro atoms. The topological polar surface area (TPSA) is 42.1 Å². The predicted molar refractivity (Wildman–Crippen MR) is 64.1 cm³/mol. The quantitative estimate of drug-likeness (QED) is 0.820. The van der Waals surface area contributed by atoms with Gasteiger partial charge in [0.1, 0.15) is 10.8 Å². The zero-order valence-electron chi connectivity index (χ0n) is 9.08. The van der Waals surface area contributed by atoms with Gasteiger partial charge in [-0.15, -0.1) is 0 Å². The lowest BCUT2D eigenvalue weighted by Gasteiger charge is -2.18. The van der Waals surface area contributed by atoms with E-state index in [4.69, 9.17) is 18.0 Å². The van der Waals surface area contributed by atoms with Crippen molar-refractivity contribution in [2.75, 3.05) is 18.5 Å². The second-order valence-corrected chi connectivity index (χ2v) is 3.93. The van der Waals surface area contributed by atoms with Gasteiger partial charge in [-0.1, -0.05) is 12.2 Å². The highest BCUT2D eigenvalue weighted by Gasteiger charge is 2.11. The van der Waals surface area contributed by atoms with Crippen molar-refractivity contribution in [3.8, 4) is 0 Å². The van der Waals surface area contributed by atoms with E-state index >= 15 is 0 Å². The zero-order chi connectivity index (χ0) is 12.3. The molecule has 0 fully saturated rings. The van der Waals surface area contributed by atoms with Crippen LogP contribution in [0.5, 0.6) is 0 Å². The van der Waals surface area contributed by atoms with Crippen LogP contribution in [0, 0.1) is 6.92 Å². The molecule has 2 N–H and O–H groups in total. The summed E-state index contributed by atoms with van der Waals surface area (Å²) in [6.45, 7) is 1.40. The average molecular weight is 245 g/mol. The zero-order valence-corrected chi connectivity index (χ0v) is 9.89. The van der Waals surface area contributed by atoms with Gasteiger partial charge in [-0.05, 0) is 19.1 Å². The summed E-state index contributed by atoms with van der Waals surface area (Å²) < 4.78 is 24.4. The lowest BCUT2D eigenvalue weighted by molar-refractivity contribution is 0.156. The molecule has 1 rings (SSSR count). The molecule has 0 aliphatic heterocycles. The minimum absolute atomic E-state index is 0.234. The predicted octanol–water partition coefficient (Wildman–Crippen LogP) is 1.73. The van der Waals surface area contributed by atoms with Crippen molar-refractivity contribution in [2.45, 2.75) is 13.3 Å². The summed E-state index contributed by atoms with van der Waals surface area (Å²) >= 11 is 4.84. The molecule has 0 saturated carbocycles. The fourth-order valence-corrected chi connectivity index (χ4v) is 1.41. The van der Waals surface area contributed by atoms with Crippen molar-refractivity contribution in [1.29, 1.82) is 0 Å². The van der Waals surface area contributed by atoms with Gasteiger partial charge >= 0.3 is 0 Å². The van der Waals surface area contributed by atoms with Crippen molar-refractivity contribution >= 4 is 23.0 Å². The maximum atomic E-state index is 12.2. The number of alkyl halides is 2. The Bertz CT molecular complexity index is 396. The van der Waals surface area contributed by atoms with Crippen LogP contribution in [0.25, 0.3) is 0 Å². The number of rotatable bonds is 4. The van der Waals surface area contributed by atoms with Crippen LogP contribution in [0.3, 0.4) is 0 Å². The first-order chi connectivity index (χ1) is 7.40. The normalized spacial score (nSPS) is 10.6. The first-order valence-electron chi connectivity index (χ1n) is 4.68. The van der Waals surface area contributed by atoms with Crippen LogP contribution in [0.4, 0.5) is 14.6 Å². The van der Waals surface area contributed by atoms with Gasteiger partial charge in [0.25, 0.3) is 6.43 Å². The van der Waals surface area contributed by atoms with Crippen LogP contribution >= 0.6 is 12.2 Å². The minimum atomic E-state index is -2.40. The highest BCUT2D eigenvalue weighted by molar-refractivity contribution is 7.80. The first-order valence-corrected chi connectivity index (χ1v) is 5.08. The van der Waals surface area contributed by atoms with E-state index in [-0.39, 0.29) is 11.5 Å². The van der Waals surface area contributed by atoms with Crippen LogP contribution in [0.2, 0.25) is 0 Å². The molecule has 0 aromatic carbocycles. The molecule has 0 atom stereocenters. The third kappa shape index (κ3) is 3.37. The van der Waals surface area contributed by atoms with E-state index in [0.29, 0.717) is 17.1 Å². The first kappa shape index (κ1) is 12.8. The summed E-state index contributed by atoms with van der Waals surface area (Å²) in [6.07, 6.45) is -2.40. The van der Waals surface area contributed by atoms with Gasteiger partial charge in [-0.25, -0.2) is 13.8 Å². The van der Waals surface area contributed by atoms with Gasteiger partial charge in [-0.3, -0.25) is 0 Å². The number of hydrogen-bond acceptors (Lipinski definition) is 3. The number of halogens is 2. The number of nitrogens with two attached hydrogens (primary N) is 1. The van der Waals surface area contributed by atoms with Crippen molar-refractivity contribution < 1.29 is 8.78 Å². The monoisotopic (exact) mass is 245 g/mol. The number of aryl methyl sites for hydroxylation is 1. The molecule has 3 nitrogen and oxygen atoms in total. The Hall–Kier alpha value is -1.30. The number of hydrogen-bond donors (Lipinski definition) is 1. The molecule has 6 heteroatoms. The maximum absolute atomic E-state index is 12.2. The summed E-state index contributed by atoms with van der Waals surface area (Å²) in [4.78, 5) is 5.75. The maximum Gasteiger partial charge on any atom is 0.255 e. The molecular weight excluding hydrogens is 232 g/mol. The van der Waals surface area contributed by atoms with E-state index in [2.05, 4.69) is 4.98 Å². The second-order valence-electron chi connectivity index (χ2n) is 3.49. The van der Waals surface area contributed by atoms with Crippen molar-refractivity contribution in [3.05, 3.63) is 23.4 Å². The fraction of sp³-hybridized carbons (Fsp3) is 0.400. The summed E-state index contributed by atoms with van der Waals surface area (Å²) in [5.74, 6) is 0.447. The van der Waals surface area contributed by atoms with E-state index < -0.39 is 6.43 Å². The molecule has 0 radical (unpaired) electrons. The number of pyridine rings is 1. The van der Waals surface area contributed by atoms with Crippen molar-refractivity contribution in [3.63, 3.8) is 0 Å². The van der Waals surface area contributed by atoms with Crippen LogP contribution in [-0.4, -0.2) is 30.0 Å². The smallest absolute Gasteiger partial charge is 0.255 e. The van der Waals surface area contributed by atoms with Crippen molar-refractivity contribution in [2.24, 2.45) is 5.73 Å². The second kappa shape index (κ2) is 5.16. The summed E-state index contributed by atoms with van der Waals surface area (Å²) in [5.41, 5.74) is 6.82. The fourth-order valence-electron chi connectivity index (χ4n) is 1.29. The molecule has 0 amide bonds. The Kier molecular flexibility index (Phi) is 4.12. The third-order valence-corrected chi connectivity index (χ3v) is 2.26. The standard InChI is InChI=1S/C10H13F2N3S/c1-6-3-7(10(13)16)4-9(14-6)15(2)5-8(11)12/h3-4,8H,5H2,1-2H3,(H2,13,16). The van der Waals surface area contributed by atoms with Crippen LogP contribution in [0.1, 0.15) is 11.3 Å². The van der Waals surface area contributed by atoms with E-state index in [1.54, 1.807) is 26.1 Å². The Balaban J connectivity index is 3.00. The molecule has 0 aliphatic carbocycles. The average Bonchev–Trinajstić information content (AvgIpc) is 2.15. The molecular formula is C10H13F2N3S. The summed E-state index contributed by atoms with van der Waals surface area (Å²) in [6, 6.07) is 3.33. The van der Waals surface area contributed by atoms with E-state index in [0.717, 1.165) is 0 Å². The molecule has 1 heterocycles. The van der Waals surface area contributed by atoms with Crippen LogP contribution < -0.4 is 10.6 Å². The lowest BCUT2D eigenvalue weighted by Crippen LogP contribution is -2.25. The number of anilines is 1. The highest BCUT2D eigenvalue weighted by Crippen LogP contribution is 2.14. The molecule has 1 aromatic heterocycles.